The summed E-state index contributed by atoms with van der Waals surface area (Å²) in [5.74, 6) is 0.335. The lowest BCUT2D eigenvalue weighted by atomic mass is 10.2. The van der Waals surface area contributed by atoms with Crippen molar-refractivity contribution in [2.75, 3.05) is 0 Å². The summed E-state index contributed by atoms with van der Waals surface area (Å²) in [6, 6.07) is 3.37. The number of rotatable bonds is 4. The number of nitrogens with two attached hydrogens (primary N) is 2. The number of hydrogen-bond acceptors (Lipinski definition) is 4. The van der Waals surface area contributed by atoms with Crippen molar-refractivity contribution in [1.29, 1.82) is 10.5 Å². The second kappa shape index (κ2) is 8.86. The third kappa shape index (κ3) is 6.36. The third-order valence-electron chi connectivity index (χ3n) is 1.52. The van der Waals surface area contributed by atoms with Gasteiger partial charge in [0.2, 0.25) is 0 Å². The van der Waals surface area contributed by atoms with Gasteiger partial charge in [0.15, 0.2) is 5.70 Å². The Hall–Kier alpha value is -1.72. The van der Waals surface area contributed by atoms with Crippen LogP contribution in [0.5, 0.6) is 0 Å². The zero-order valence-electron chi connectivity index (χ0n) is 8.53. The largest absolute Gasteiger partial charge is 0.388 e. The van der Waals surface area contributed by atoms with Gasteiger partial charge in [0, 0.05) is 6.42 Å². The summed E-state index contributed by atoms with van der Waals surface area (Å²) in [5.41, 5.74) is 10.5. The van der Waals surface area contributed by atoms with Crippen molar-refractivity contribution in [1.82, 2.24) is 0 Å². The van der Waals surface area contributed by atoms with Gasteiger partial charge in [-0.1, -0.05) is 13.3 Å². The van der Waals surface area contributed by atoms with E-state index in [0.717, 1.165) is 12.8 Å². The number of allylic oxidation sites excluding steroid dienone is 2. The quantitative estimate of drug-likeness (QED) is 0.426. The Bertz CT molecular complexity index is 331. The third-order valence-corrected chi connectivity index (χ3v) is 1.52. The molecule has 0 aliphatic rings. The fraction of sp³-hybridized carbons (Fsp3) is 0.444. The number of aliphatic imine (C=N–C) groups is 1. The van der Waals surface area contributed by atoms with E-state index in [1.54, 1.807) is 12.1 Å². The van der Waals surface area contributed by atoms with Crippen LogP contribution >= 0.6 is 12.4 Å². The van der Waals surface area contributed by atoms with Gasteiger partial charge in [0.1, 0.15) is 23.7 Å². The lowest BCUT2D eigenvalue weighted by Gasteiger charge is -1.98. The second-order valence-electron chi connectivity index (χ2n) is 2.69. The molecule has 0 aliphatic carbocycles. The number of nitrogens with zero attached hydrogens (tertiary/aromatic N) is 3. The molecule has 0 spiro atoms. The first-order valence-corrected chi connectivity index (χ1v) is 4.28. The zero-order chi connectivity index (χ0) is 11.0. The summed E-state index contributed by atoms with van der Waals surface area (Å²) in [6.45, 7) is 2.03. The van der Waals surface area contributed by atoms with E-state index in [2.05, 4.69) is 4.99 Å². The molecular weight excluding hydrogens is 214 g/mol. The Labute approximate surface area is 95.5 Å². The van der Waals surface area contributed by atoms with Crippen LogP contribution in [0.15, 0.2) is 16.4 Å². The molecule has 5 nitrogen and oxygen atoms in total. The van der Waals surface area contributed by atoms with Crippen LogP contribution in [0.1, 0.15) is 26.2 Å². The average Bonchev–Trinajstić information content (AvgIpc) is 2.21. The second-order valence-corrected chi connectivity index (χ2v) is 2.69. The van der Waals surface area contributed by atoms with Gasteiger partial charge in [-0.3, -0.25) is 0 Å². The van der Waals surface area contributed by atoms with E-state index in [0.29, 0.717) is 12.3 Å². The maximum Gasteiger partial charge on any atom is 0.176 e. The van der Waals surface area contributed by atoms with E-state index in [9.17, 15) is 0 Å². The Morgan fingerprint density at radius 3 is 2.27 bits per heavy atom. The number of halogens is 1. The van der Waals surface area contributed by atoms with Gasteiger partial charge in [0.25, 0.3) is 0 Å². The standard InChI is InChI=1S/C9H13N5.ClH/c1-2-3-4-9(13)14-8(6-11)7(12)5-10;/h2-4,12H2,1H3,(H2,13,14);1H/b8-7+;. The molecule has 6 heteroatoms. The fourth-order valence-corrected chi connectivity index (χ4v) is 0.756. The summed E-state index contributed by atoms with van der Waals surface area (Å²) < 4.78 is 0. The molecule has 0 bridgehead atoms. The number of unbranched alkanes of at least 4 members (excludes halogenated alkanes) is 1. The molecular formula is C9H14ClN5. The average molecular weight is 228 g/mol. The topological polar surface area (TPSA) is 112 Å². The van der Waals surface area contributed by atoms with E-state index in [-0.39, 0.29) is 23.8 Å². The predicted octanol–water partition coefficient (Wildman–Crippen LogP) is 1.17. The summed E-state index contributed by atoms with van der Waals surface area (Å²) in [7, 11) is 0. The molecule has 0 saturated carbocycles. The van der Waals surface area contributed by atoms with Crippen molar-refractivity contribution >= 4 is 18.2 Å². The van der Waals surface area contributed by atoms with Crippen LogP contribution in [0.3, 0.4) is 0 Å². The van der Waals surface area contributed by atoms with Crippen molar-refractivity contribution < 1.29 is 0 Å². The van der Waals surface area contributed by atoms with E-state index in [1.807, 2.05) is 6.92 Å². The molecule has 0 aromatic carbocycles. The maximum absolute atomic E-state index is 8.60. The van der Waals surface area contributed by atoms with Gasteiger partial charge in [-0.2, -0.15) is 10.5 Å². The minimum atomic E-state index is -0.202. The van der Waals surface area contributed by atoms with Crippen molar-refractivity contribution in [3.8, 4) is 12.1 Å². The molecule has 0 saturated heterocycles. The normalized spacial score (nSPS) is 11.8. The molecule has 0 amide bonds. The first-order valence-electron chi connectivity index (χ1n) is 4.28. The molecule has 15 heavy (non-hydrogen) atoms. The smallest absolute Gasteiger partial charge is 0.176 e. The van der Waals surface area contributed by atoms with Gasteiger partial charge < -0.3 is 11.5 Å². The highest BCUT2D eigenvalue weighted by molar-refractivity contribution is 5.85. The van der Waals surface area contributed by atoms with Crippen LogP contribution in [0.25, 0.3) is 0 Å². The first-order chi connectivity index (χ1) is 6.65. The Kier molecular flexibility index (Phi) is 9.30. The summed E-state index contributed by atoms with van der Waals surface area (Å²) >= 11 is 0. The van der Waals surface area contributed by atoms with Crippen LogP contribution < -0.4 is 11.5 Å². The molecule has 0 radical (unpaired) electrons. The van der Waals surface area contributed by atoms with Crippen LogP contribution in [-0.2, 0) is 0 Å². The van der Waals surface area contributed by atoms with E-state index in [1.165, 1.54) is 0 Å². The minimum Gasteiger partial charge on any atom is -0.388 e. The van der Waals surface area contributed by atoms with Gasteiger partial charge in [-0.15, -0.1) is 12.4 Å². The van der Waals surface area contributed by atoms with Crippen LogP contribution in [0.2, 0.25) is 0 Å². The molecule has 0 atom stereocenters. The molecule has 0 unspecified atom stereocenters. The lowest BCUT2D eigenvalue weighted by Crippen LogP contribution is -2.12. The first kappa shape index (κ1) is 15.7. The highest BCUT2D eigenvalue weighted by atomic mass is 35.5. The van der Waals surface area contributed by atoms with Crippen LogP contribution in [0, 0.1) is 22.7 Å². The van der Waals surface area contributed by atoms with Crippen molar-refractivity contribution in [2.24, 2.45) is 16.5 Å². The zero-order valence-corrected chi connectivity index (χ0v) is 9.34. The minimum absolute atomic E-state index is 0. The van der Waals surface area contributed by atoms with Gasteiger partial charge in [-0.25, -0.2) is 4.99 Å². The van der Waals surface area contributed by atoms with Crippen molar-refractivity contribution in [3.63, 3.8) is 0 Å². The molecule has 0 aromatic heterocycles. The van der Waals surface area contributed by atoms with Crippen molar-refractivity contribution in [3.05, 3.63) is 11.4 Å². The SMILES string of the molecule is CCCCC(N)=N/C(C#N)=C(/N)C#N.Cl. The monoisotopic (exact) mass is 227 g/mol. The fourth-order valence-electron chi connectivity index (χ4n) is 0.756. The van der Waals surface area contributed by atoms with Gasteiger partial charge >= 0.3 is 0 Å². The van der Waals surface area contributed by atoms with Crippen LogP contribution in [-0.4, -0.2) is 5.84 Å². The molecule has 0 aliphatic heterocycles. The van der Waals surface area contributed by atoms with E-state index < -0.39 is 0 Å². The van der Waals surface area contributed by atoms with E-state index in [4.69, 9.17) is 22.0 Å². The molecule has 4 N–H and O–H groups in total. The number of nitriles is 2. The molecule has 0 aromatic rings. The van der Waals surface area contributed by atoms with Gasteiger partial charge in [-0.05, 0) is 6.42 Å². The Balaban J connectivity index is 0. The van der Waals surface area contributed by atoms with Gasteiger partial charge in [0.05, 0.1) is 0 Å². The molecule has 82 valence electrons. The molecule has 0 rings (SSSR count). The van der Waals surface area contributed by atoms with Crippen molar-refractivity contribution in [2.45, 2.75) is 26.2 Å². The predicted molar refractivity (Wildman–Crippen MR) is 60.8 cm³/mol. The molecule has 0 fully saturated rings. The summed E-state index contributed by atoms with van der Waals surface area (Å²) in [4.78, 5) is 3.77. The number of amidine groups is 1. The highest BCUT2D eigenvalue weighted by Crippen LogP contribution is 2.01. The Morgan fingerprint density at radius 1 is 1.27 bits per heavy atom. The lowest BCUT2D eigenvalue weighted by molar-refractivity contribution is 0.830. The molecule has 0 heterocycles. The van der Waals surface area contributed by atoms with E-state index >= 15 is 0 Å². The highest BCUT2D eigenvalue weighted by Gasteiger charge is 2.01. The summed E-state index contributed by atoms with van der Waals surface area (Å²) in [6.07, 6.45) is 2.51. The maximum atomic E-state index is 8.60. The van der Waals surface area contributed by atoms with Crippen LogP contribution in [0.4, 0.5) is 0 Å². The summed E-state index contributed by atoms with van der Waals surface area (Å²) in [5, 5.41) is 17.0. The Morgan fingerprint density at radius 2 is 1.87 bits per heavy atom. The number of hydrogen-bond donors (Lipinski definition) is 2.